The quantitative estimate of drug-likeness (QED) is 0.591. The number of aliphatic hydroxyl groups is 1. The Balaban J connectivity index is 2.45. The highest BCUT2D eigenvalue weighted by atomic mass is 16.3. The predicted octanol–water partition coefficient (Wildman–Crippen LogP) is 0.685. The second-order valence-corrected chi connectivity index (χ2v) is 8.52. The van der Waals surface area contributed by atoms with E-state index >= 15 is 0 Å². The second kappa shape index (κ2) is 8.42. The fraction of sp³-hybridized carbons (Fsp3) is 0.750. The van der Waals surface area contributed by atoms with Gasteiger partial charge in [0.05, 0.1) is 18.4 Å². The van der Waals surface area contributed by atoms with Crippen molar-refractivity contribution in [2.75, 3.05) is 20.2 Å². The van der Waals surface area contributed by atoms with Crippen LogP contribution in [0.1, 0.15) is 40.5 Å². The Kier molecular flexibility index (Phi) is 6.68. The van der Waals surface area contributed by atoms with Crippen molar-refractivity contribution < 1.29 is 19.5 Å². The number of rotatable bonds is 6. The van der Waals surface area contributed by atoms with E-state index in [4.69, 9.17) is 0 Å². The molecule has 7 nitrogen and oxygen atoms in total. The van der Waals surface area contributed by atoms with Gasteiger partial charge < -0.3 is 20.6 Å². The zero-order valence-corrected chi connectivity index (χ0v) is 17.0. The summed E-state index contributed by atoms with van der Waals surface area (Å²) in [5.41, 5.74) is -0.438. The van der Waals surface area contributed by atoms with Gasteiger partial charge in [0.25, 0.3) is 0 Å². The zero-order chi connectivity index (χ0) is 20.4. The molecule has 0 unspecified atom stereocenters. The van der Waals surface area contributed by atoms with Gasteiger partial charge in [-0.15, -0.1) is 0 Å². The van der Waals surface area contributed by atoms with Crippen molar-refractivity contribution >= 4 is 17.7 Å². The van der Waals surface area contributed by atoms with E-state index in [1.165, 1.54) is 4.90 Å². The molecule has 27 heavy (non-hydrogen) atoms. The average molecular weight is 380 g/mol. The van der Waals surface area contributed by atoms with Crippen LogP contribution >= 0.6 is 0 Å². The lowest BCUT2D eigenvalue weighted by molar-refractivity contribution is -0.141. The Morgan fingerprint density at radius 1 is 1.22 bits per heavy atom. The first-order valence-corrected chi connectivity index (χ1v) is 9.79. The summed E-state index contributed by atoms with van der Waals surface area (Å²) in [6.45, 7) is 7.57. The summed E-state index contributed by atoms with van der Waals surface area (Å²) in [6.07, 6.45) is 5.65. The maximum atomic E-state index is 13.2. The summed E-state index contributed by atoms with van der Waals surface area (Å²) in [5, 5.41) is 15.1. The fourth-order valence-electron chi connectivity index (χ4n) is 4.42. The molecule has 0 aromatic carbocycles. The number of β-amino-alcohol motifs (C(OH)–C–C–N with tert-alkyl or cyclic N) is 1. The van der Waals surface area contributed by atoms with Crippen molar-refractivity contribution in [3.8, 4) is 0 Å². The largest absolute Gasteiger partial charge is 0.395 e. The van der Waals surface area contributed by atoms with E-state index in [9.17, 15) is 19.5 Å². The van der Waals surface area contributed by atoms with E-state index in [2.05, 4.69) is 17.6 Å². The monoisotopic (exact) mass is 379 g/mol. The molecule has 0 radical (unpaired) electrons. The Labute approximate surface area is 161 Å². The number of nitrogens with zero attached hydrogens (tertiary/aromatic N) is 1. The lowest BCUT2D eigenvalue weighted by Gasteiger charge is -2.34. The van der Waals surface area contributed by atoms with Crippen molar-refractivity contribution in [2.45, 2.75) is 52.1 Å². The number of fused-ring (bicyclic) bond motifs is 1. The molecule has 1 saturated heterocycles. The number of carbonyl (C=O) groups is 3. The van der Waals surface area contributed by atoms with Crippen molar-refractivity contribution in [2.24, 2.45) is 23.7 Å². The molecule has 0 aromatic rings. The van der Waals surface area contributed by atoms with Crippen LogP contribution in [0, 0.1) is 23.7 Å². The van der Waals surface area contributed by atoms with E-state index in [0.717, 1.165) is 12.8 Å². The molecule has 1 fully saturated rings. The summed E-state index contributed by atoms with van der Waals surface area (Å²) in [5.74, 6) is -2.10. The van der Waals surface area contributed by atoms with E-state index in [1.807, 2.05) is 32.9 Å². The molecule has 5 atom stereocenters. The molecule has 152 valence electrons. The molecule has 2 aliphatic rings. The van der Waals surface area contributed by atoms with Gasteiger partial charge in [-0.2, -0.15) is 0 Å². The minimum Gasteiger partial charge on any atom is -0.395 e. The van der Waals surface area contributed by atoms with Gasteiger partial charge in [0.15, 0.2) is 0 Å². The highest BCUT2D eigenvalue weighted by molar-refractivity contribution is 5.96. The molecule has 1 aliphatic carbocycles. The van der Waals surface area contributed by atoms with E-state index in [-0.39, 0.29) is 42.7 Å². The number of allylic oxidation sites excluding steroid dienone is 1. The fourth-order valence-corrected chi connectivity index (χ4v) is 4.42. The third-order valence-electron chi connectivity index (χ3n) is 5.39. The first-order chi connectivity index (χ1) is 12.7. The maximum absolute atomic E-state index is 13.2. The van der Waals surface area contributed by atoms with E-state index in [1.54, 1.807) is 7.05 Å². The maximum Gasteiger partial charge on any atom is 0.243 e. The number of likely N-dealkylation sites (tertiary alicyclic amines) is 1. The number of amides is 3. The number of hydrogen-bond donors (Lipinski definition) is 3. The number of hydrogen-bond acceptors (Lipinski definition) is 4. The minimum absolute atomic E-state index is 0.0273. The highest BCUT2D eigenvalue weighted by Crippen LogP contribution is 2.45. The lowest BCUT2D eigenvalue weighted by atomic mass is 9.68. The third-order valence-corrected chi connectivity index (χ3v) is 5.39. The Morgan fingerprint density at radius 2 is 1.89 bits per heavy atom. The van der Waals surface area contributed by atoms with Gasteiger partial charge in [0, 0.05) is 25.0 Å². The Hall–Kier alpha value is -1.89. The smallest absolute Gasteiger partial charge is 0.243 e. The van der Waals surface area contributed by atoms with Crippen molar-refractivity contribution in [1.29, 1.82) is 0 Å². The standard InChI is InChI=1S/C20H33N3O4/c1-6-7-12-8-9-13-15(14(12)17(25)21-5)19(27)23(10-11-24)16(13)18(26)22-20(2,3)4/h8-9,12-16,24H,6-7,10-11H2,1-5H3,(H,21,25)(H,22,26)/t12-,13+,14-,15-,16+/m1/s1. The third kappa shape index (κ3) is 4.34. The first-order valence-electron chi connectivity index (χ1n) is 9.79. The zero-order valence-electron chi connectivity index (χ0n) is 17.0. The summed E-state index contributed by atoms with van der Waals surface area (Å²) < 4.78 is 0. The van der Waals surface area contributed by atoms with Gasteiger partial charge in [0.1, 0.15) is 6.04 Å². The van der Waals surface area contributed by atoms with Crippen molar-refractivity contribution in [3.05, 3.63) is 12.2 Å². The van der Waals surface area contributed by atoms with Gasteiger partial charge in [-0.1, -0.05) is 25.5 Å². The molecule has 1 aliphatic heterocycles. The van der Waals surface area contributed by atoms with Crippen LogP contribution in [0.5, 0.6) is 0 Å². The summed E-state index contributed by atoms with van der Waals surface area (Å²) in [4.78, 5) is 40.3. The van der Waals surface area contributed by atoms with Crippen LogP contribution in [0.2, 0.25) is 0 Å². The van der Waals surface area contributed by atoms with Crippen molar-refractivity contribution in [1.82, 2.24) is 15.5 Å². The van der Waals surface area contributed by atoms with Gasteiger partial charge in [-0.3, -0.25) is 14.4 Å². The van der Waals surface area contributed by atoms with Gasteiger partial charge >= 0.3 is 0 Å². The average Bonchev–Trinajstić information content (AvgIpc) is 2.86. The number of nitrogens with one attached hydrogen (secondary N) is 2. The topological polar surface area (TPSA) is 98.7 Å². The van der Waals surface area contributed by atoms with Gasteiger partial charge in [-0.05, 0) is 33.1 Å². The van der Waals surface area contributed by atoms with Gasteiger partial charge in [-0.25, -0.2) is 0 Å². The lowest BCUT2D eigenvalue weighted by Crippen LogP contribution is -2.53. The van der Waals surface area contributed by atoms with Crippen LogP contribution in [0.4, 0.5) is 0 Å². The Morgan fingerprint density at radius 3 is 2.41 bits per heavy atom. The van der Waals surface area contributed by atoms with Crippen LogP contribution in [0.15, 0.2) is 12.2 Å². The normalized spacial score (nSPS) is 30.2. The first kappa shape index (κ1) is 21.4. The molecule has 7 heteroatoms. The molecule has 0 aromatic heterocycles. The molecule has 3 N–H and O–H groups in total. The Bertz CT molecular complexity index is 611. The summed E-state index contributed by atoms with van der Waals surface area (Å²) in [6, 6.07) is -0.708. The molecular formula is C20H33N3O4. The molecule has 0 spiro atoms. The van der Waals surface area contributed by atoms with E-state index in [0.29, 0.717) is 0 Å². The second-order valence-electron chi connectivity index (χ2n) is 8.52. The van der Waals surface area contributed by atoms with Crippen LogP contribution in [0.3, 0.4) is 0 Å². The van der Waals surface area contributed by atoms with Crippen LogP contribution in [-0.2, 0) is 14.4 Å². The molecule has 3 amide bonds. The molecular weight excluding hydrogens is 346 g/mol. The summed E-state index contributed by atoms with van der Waals surface area (Å²) >= 11 is 0. The molecule has 0 bridgehead atoms. The molecule has 2 rings (SSSR count). The van der Waals surface area contributed by atoms with E-state index < -0.39 is 23.4 Å². The van der Waals surface area contributed by atoms with Crippen LogP contribution in [0.25, 0.3) is 0 Å². The number of aliphatic hydroxyl groups excluding tert-OH is 1. The van der Waals surface area contributed by atoms with Crippen molar-refractivity contribution in [3.63, 3.8) is 0 Å². The predicted molar refractivity (Wildman–Crippen MR) is 103 cm³/mol. The molecule has 1 heterocycles. The number of carbonyl (C=O) groups excluding carboxylic acids is 3. The minimum atomic E-state index is -0.708. The van der Waals surface area contributed by atoms with Crippen LogP contribution < -0.4 is 10.6 Å². The summed E-state index contributed by atoms with van der Waals surface area (Å²) in [7, 11) is 1.58. The van der Waals surface area contributed by atoms with Crippen LogP contribution in [-0.4, -0.2) is 59.5 Å². The van der Waals surface area contributed by atoms with Gasteiger partial charge in [0.2, 0.25) is 17.7 Å². The molecule has 0 saturated carbocycles. The highest BCUT2D eigenvalue weighted by Gasteiger charge is 2.56. The SMILES string of the molecule is CCC[C@@H]1C=C[C@H]2[C@@H](C(=O)N(CCO)[C@@H]2C(=O)NC(C)(C)C)[C@@H]1C(=O)NC.